The van der Waals surface area contributed by atoms with Gasteiger partial charge in [-0.3, -0.25) is 14.9 Å². The molecule has 0 heterocycles. The van der Waals surface area contributed by atoms with Crippen LogP contribution in [0.3, 0.4) is 0 Å². The molecule has 1 aromatic carbocycles. The third-order valence-corrected chi connectivity index (χ3v) is 2.01. The van der Waals surface area contributed by atoms with Crippen molar-refractivity contribution in [3.8, 4) is 5.75 Å². The van der Waals surface area contributed by atoms with Gasteiger partial charge in [-0.1, -0.05) is 13.8 Å². The summed E-state index contributed by atoms with van der Waals surface area (Å²) in [6.45, 7) is 4.38. The average molecular weight is 238 g/mol. The lowest BCUT2D eigenvalue weighted by atomic mass is 10.1. The Morgan fingerprint density at radius 2 is 2.18 bits per heavy atom. The van der Waals surface area contributed by atoms with E-state index in [9.17, 15) is 14.9 Å². The summed E-state index contributed by atoms with van der Waals surface area (Å²) < 4.78 is 5.34. The Kier molecular flexibility index (Phi) is 4.03. The molecule has 0 aliphatic heterocycles. The van der Waals surface area contributed by atoms with E-state index < -0.39 is 10.8 Å². The second kappa shape index (κ2) is 5.29. The van der Waals surface area contributed by atoms with Crippen LogP contribution in [0.1, 0.15) is 24.2 Å². The van der Waals surface area contributed by atoms with Crippen LogP contribution in [0.2, 0.25) is 0 Å². The monoisotopic (exact) mass is 238 g/mol. The van der Waals surface area contributed by atoms with Gasteiger partial charge in [0.15, 0.2) is 0 Å². The molecule has 1 aromatic rings. The van der Waals surface area contributed by atoms with Gasteiger partial charge in [0.1, 0.15) is 11.3 Å². The number of nitrogens with two attached hydrogens (primary N) is 1. The number of carbonyl (C=O) groups excluding carboxylic acids is 1. The van der Waals surface area contributed by atoms with Gasteiger partial charge in [0.05, 0.1) is 17.6 Å². The topological polar surface area (TPSA) is 95.5 Å². The fraction of sp³-hybridized carbons (Fsp3) is 0.364. The molecule has 0 aliphatic rings. The Bertz CT molecular complexity index is 443. The van der Waals surface area contributed by atoms with E-state index in [1.54, 1.807) is 0 Å². The second-order valence-corrected chi connectivity index (χ2v) is 4.01. The van der Waals surface area contributed by atoms with Gasteiger partial charge in [-0.25, -0.2) is 0 Å². The molecule has 0 atom stereocenters. The first-order valence-corrected chi connectivity index (χ1v) is 5.13. The predicted molar refractivity (Wildman–Crippen MR) is 61.9 cm³/mol. The van der Waals surface area contributed by atoms with Crippen molar-refractivity contribution in [2.45, 2.75) is 13.8 Å². The number of primary amides is 1. The maximum Gasteiger partial charge on any atom is 0.285 e. The van der Waals surface area contributed by atoms with Crippen LogP contribution in [0.4, 0.5) is 5.69 Å². The lowest BCUT2D eigenvalue weighted by molar-refractivity contribution is -0.385. The summed E-state index contributed by atoms with van der Waals surface area (Å²) in [4.78, 5) is 21.1. The third-order valence-electron chi connectivity index (χ3n) is 2.01. The molecule has 1 rings (SSSR count). The Labute approximate surface area is 98.5 Å². The van der Waals surface area contributed by atoms with Crippen LogP contribution in [0.15, 0.2) is 18.2 Å². The van der Waals surface area contributed by atoms with E-state index in [1.807, 2.05) is 13.8 Å². The minimum Gasteiger partial charge on any atom is -0.493 e. The number of hydrogen-bond acceptors (Lipinski definition) is 4. The molecular weight excluding hydrogens is 224 g/mol. The fourth-order valence-electron chi connectivity index (χ4n) is 1.22. The number of hydrogen-bond donors (Lipinski definition) is 1. The average Bonchev–Trinajstić information content (AvgIpc) is 2.25. The van der Waals surface area contributed by atoms with Gasteiger partial charge in [0, 0.05) is 0 Å². The zero-order valence-corrected chi connectivity index (χ0v) is 9.67. The zero-order chi connectivity index (χ0) is 13.0. The van der Waals surface area contributed by atoms with E-state index in [0.29, 0.717) is 18.3 Å². The number of nitro groups is 1. The van der Waals surface area contributed by atoms with Crippen molar-refractivity contribution in [2.75, 3.05) is 6.61 Å². The van der Waals surface area contributed by atoms with E-state index in [1.165, 1.54) is 18.2 Å². The molecule has 0 unspecified atom stereocenters. The summed E-state index contributed by atoms with van der Waals surface area (Å²) in [6.07, 6.45) is 0. The van der Waals surface area contributed by atoms with Crippen LogP contribution in [0.5, 0.6) is 5.75 Å². The summed E-state index contributed by atoms with van der Waals surface area (Å²) >= 11 is 0. The molecule has 17 heavy (non-hydrogen) atoms. The summed E-state index contributed by atoms with van der Waals surface area (Å²) in [6, 6.07) is 4.01. The van der Waals surface area contributed by atoms with Crippen LogP contribution in [0.25, 0.3) is 0 Å². The van der Waals surface area contributed by atoms with Gasteiger partial charge >= 0.3 is 0 Å². The molecule has 0 fully saturated rings. The lowest BCUT2D eigenvalue weighted by Gasteiger charge is -2.08. The van der Waals surface area contributed by atoms with Gasteiger partial charge in [-0.15, -0.1) is 0 Å². The first kappa shape index (κ1) is 13.0. The van der Waals surface area contributed by atoms with Gasteiger partial charge in [0.2, 0.25) is 0 Å². The summed E-state index contributed by atoms with van der Waals surface area (Å²) in [5.41, 5.74) is 4.59. The highest BCUT2D eigenvalue weighted by Gasteiger charge is 2.19. The normalized spacial score (nSPS) is 10.3. The number of nitro benzene ring substituents is 1. The van der Waals surface area contributed by atoms with Crippen molar-refractivity contribution in [3.63, 3.8) is 0 Å². The number of ether oxygens (including phenoxy) is 1. The van der Waals surface area contributed by atoms with Gasteiger partial charge in [-0.2, -0.15) is 0 Å². The van der Waals surface area contributed by atoms with E-state index in [2.05, 4.69) is 0 Å². The van der Waals surface area contributed by atoms with E-state index in [4.69, 9.17) is 10.5 Å². The van der Waals surface area contributed by atoms with Crippen LogP contribution in [-0.2, 0) is 0 Å². The molecule has 1 amide bonds. The number of nitrogens with zero attached hydrogens (tertiary/aromatic N) is 1. The Morgan fingerprint density at radius 3 is 2.65 bits per heavy atom. The maximum atomic E-state index is 11.0. The predicted octanol–water partition coefficient (Wildman–Crippen LogP) is 1.73. The molecule has 0 radical (unpaired) electrons. The Balaban J connectivity index is 3.02. The lowest BCUT2D eigenvalue weighted by Crippen LogP contribution is -2.13. The van der Waals surface area contributed by atoms with E-state index in [-0.39, 0.29) is 11.3 Å². The number of carbonyl (C=O) groups is 1. The van der Waals surface area contributed by atoms with Crippen LogP contribution < -0.4 is 10.5 Å². The third kappa shape index (κ3) is 3.44. The van der Waals surface area contributed by atoms with Crippen LogP contribution >= 0.6 is 0 Å². The minimum absolute atomic E-state index is 0.119. The highest BCUT2D eigenvalue weighted by atomic mass is 16.6. The SMILES string of the molecule is CC(C)COc1ccc(C(N)=O)c([N+](=O)[O-])c1. The number of benzene rings is 1. The highest BCUT2D eigenvalue weighted by molar-refractivity contribution is 5.97. The summed E-state index contributed by atoms with van der Waals surface area (Å²) in [5, 5.41) is 10.8. The smallest absolute Gasteiger partial charge is 0.285 e. The van der Waals surface area contributed by atoms with E-state index in [0.717, 1.165) is 0 Å². The molecular formula is C11H14N2O4. The maximum absolute atomic E-state index is 11.0. The molecule has 0 saturated heterocycles. The Morgan fingerprint density at radius 1 is 1.53 bits per heavy atom. The zero-order valence-electron chi connectivity index (χ0n) is 9.67. The molecule has 6 nitrogen and oxygen atoms in total. The fourth-order valence-corrected chi connectivity index (χ4v) is 1.22. The molecule has 0 bridgehead atoms. The van der Waals surface area contributed by atoms with Gasteiger partial charge in [-0.05, 0) is 18.1 Å². The van der Waals surface area contributed by atoms with Crippen molar-refractivity contribution in [2.24, 2.45) is 11.7 Å². The van der Waals surface area contributed by atoms with E-state index >= 15 is 0 Å². The van der Waals surface area contributed by atoms with Gasteiger partial charge in [0.25, 0.3) is 11.6 Å². The summed E-state index contributed by atoms with van der Waals surface area (Å²) in [5.74, 6) is -0.160. The van der Waals surface area contributed by atoms with Crippen LogP contribution in [-0.4, -0.2) is 17.4 Å². The molecule has 92 valence electrons. The standard InChI is InChI=1S/C11H14N2O4/c1-7(2)6-17-8-3-4-9(11(12)14)10(5-8)13(15)16/h3-5,7H,6H2,1-2H3,(H2,12,14). The van der Waals surface area contributed by atoms with Crippen molar-refractivity contribution < 1.29 is 14.5 Å². The molecule has 0 saturated carbocycles. The highest BCUT2D eigenvalue weighted by Crippen LogP contribution is 2.24. The number of rotatable bonds is 5. The van der Waals surface area contributed by atoms with Crippen LogP contribution in [0, 0.1) is 16.0 Å². The second-order valence-electron chi connectivity index (χ2n) is 4.01. The van der Waals surface area contributed by atoms with Crippen molar-refractivity contribution >= 4 is 11.6 Å². The van der Waals surface area contributed by atoms with Crippen molar-refractivity contribution in [1.82, 2.24) is 0 Å². The minimum atomic E-state index is -0.827. The molecule has 0 aliphatic carbocycles. The summed E-state index contributed by atoms with van der Waals surface area (Å²) in [7, 11) is 0. The molecule has 6 heteroatoms. The first-order valence-electron chi connectivity index (χ1n) is 5.13. The quantitative estimate of drug-likeness (QED) is 0.624. The largest absolute Gasteiger partial charge is 0.493 e. The molecule has 2 N–H and O–H groups in total. The molecule has 0 aromatic heterocycles. The Hall–Kier alpha value is -2.11. The first-order chi connectivity index (χ1) is 7.91. The van der Waals surface area contributed by atoms with Gasteiger partial charge < -0.3 is 10.5 Å². The number of amides is 1. The molecule has 0 spiro atoms. The van der Waals surface area contributed by atoms with Crippen molar-refractivity contribution in [1.29, 1.82) is 0 Å². The van der Waals surface area contributed by atoms with Crippen molar-refractivity contribution in [3.05, 3.63) is 33.9 Å².